The molecule has 0 saturated carbocycles. The number of furan rings is 1. The first-order chi connectivity index (χ1) is 22.6. The second-order valence-corrected chi connectivity index (χ2v) is 11.5. The van der Waals surface area contributed by atoms with E-state index in [4.69, 9.17) is 13.9 Å². The number of pyridine rings is 1. The molecule has 5 rings (SSSR count). The maximum Gasteiger partial charge on any atom is 0.409 e. The number of carboxylic acid groups (broad SMARTS) is 1. The molecule has 3 aromatic rings. The van der Waals surface area contributed by atoms with Gasteiger partial charge in [0.2, 0.25) is 5.91 Å². The summed E-state index contributed by atoms with van der Waals surface area (Å²) in [5, 5.41) is 12.6. The number of likely N-dealkylation sites (tertiary alicyclic amines) is 1. The van der Waals surface area contributed by atoms with E-state index in [-0.39, 0.29) is 75.6 Å². The first-order valence-corrected chi connectivity index (χ1v) is 15.8. The molecule has 0 aliphatic carbocycles. The number of piperazine rings is 1. The Bertz CT molecular complexity index is 1630. The minimum Gasteiger partial charge on any atom is -0.483 e. The van der Waals surface area contributed by atoms with Crippen molar-refractivity contribution < 1.29 is 43.0 Å². The van der Waals surface area contributed by atoms with Gasteiger partial charge in [-0.25, -0.2) is 9.78 Å². The summed E-state index contributed by atoms with van der Waals surface area (Å²) in [4.78, 5) is 73.0. The van der Waals surface area contributed by atoms with E-state index in [0.29, 0.717) is 17.4 Å². The molecule has 47 heavy (non-hydrogen) atoms. The number of aryl methyl sites for hydroxylation is 1. The van der Waals surface area contributed by atoms with E-state index in [1.54, 1.807) is 36.1 Å². The third-order valence-electron chi connectivity index (χ3n) is 8.29. The van der Waals surface area contributed by atoms with Gasteiger partial charge in [-0.1, -0.05) is 12.1 Å². The second-order valence-electron chi connectivity index (χ2n) is 11.5. The molecule has 4 heterocycles. The molecule has 250 valence electrons. The molecule has 14 nitrogen and oxygen atoms in total. The normalized spacial score (nSPS) is 17.0. The van der Waals surface area contributed by atoms with E-state index >= 15 is 0 Å². The van der Waals surface area contributed by atoms with Crippen LogP contribution in [-0.4, -0.2) is 107 Å². The Morgan fingerprint density at radius 1 is 1.04 bits per heavy atom. The molecule has 2 saturated heterocycles. The van der Waals surface area contributed by atoms with E-state index in [9.17, 15) is 29.1 Å². The number of nitrogens with zero attached hydrogens (tertiary/aromatic N) is 4. The van der Waals surface area contributed by atoms with Gasteiger partial charge in [0.1, 0.15) is 29.0 Å². The van der Waals surface area contributed by atoms with Gasteiger partial charge >= 0.3 is 12.1 Å². The maximum absolute atomic E-state index is 13.5. The predicted molar refractivity (Wildman–Crippen MR) is 168 cm³/mol. The highest BCUT2D eigenvalue weighted by atomic mass is 16.6. The fraction of sp³-hybridized carbons (Fsp3) is 0.455. The summed E-state index contributed by atoms with van der Waals surface area (Å²) in [5.41, 5.74) is 0.382. The smallest absolute Gasteiger partial charge is 0.409 e. The Hall–Kier alpha value is -5.14. The predicted octanol–water partition coefficient (Wildman–Crippen LogP) is 3.14. The van der Waals surface area contributed by atoms with Gasteiger partial charge in [-0.3, -0.25) is 19.2 Å². The molecule has 1 unspecified atom stereocenters. The van der Waals surface area contributed by atoms with Crippen molar-refractivity contribution in [3.63, 3.8) is 0 Å². The first kappa shape index (κ1) is 33.2. The van der Waals surface area contributed by atoms with Crippen molar-refractivity contribution in [1.82, 2.24) is 25.0 Å². The Morgan fingerprint density at radius 2 is 1.79 bits per heavy atom. The molecule has 2 aliphatic heterocycles. The Kier molecular flexibility index (Phi) is 10.6. The molecular formula is C33H39N5O9. The quantitative estimate of drug-likeness (QED) is 0.314. The number of nitrogens with one attached hydrogen (secondary N) is 1. The highest BCUT2D eigenvalue weighted by Crippen LogP contribution is 2.33. The summed E-state index contributed by atoms with van der Waals surface area (Å²) in [6.07, 6.45) is 0.655. The largest absolute Gasteiger partial charge is 0.483 e. The van der Waals surface area contributed by atoms with Crippen molar-refractivity contribution in [2.75, 3.05) is 45.9 Å². The molecular weight excluding hydrogens is 610 g/mol. The topological polar surface area (TPSA) is 172 Å². The second kappa shape index (κ2) is 15.0. The third-order valence-corrected chi connectivity index (χ3v) is 8.29. The molecule has 1 aromatic carbocycles. The van der Waals surface area contributed by atoms with E-state index in [0.717, 1.165) is 24.4 Å². The number of carbonyl (C=O) groups excluding carboxylic acids is 4. The lowest BCUT2D eigenvalue weighted by Gasteiger charge is -2.35. The molecule has 14 heteroatoms. The zero-order valence-corrected chi connectivity index (χ0v) is 26.5. The van der Waals surface area contributed by atoms with Crippen LogP contribution in [0.5, 0.6) is 5.75 Å². The van der Waals surface area contributed by atoms with Crippen LogP contribution in [0, 0.1) is 6.92 Å². The maximum atomic E-state index is 13.5. The fourth-order valence-corrected chi connectivity index (χ4v) is 5.90. The van der Waals surface area contributed by atoms with Crippen molar-refractivity contribution in [2.45, 2.75) is 51.6 Å². The average molecular weight is 650 g/mol. The van der Waals surface area contributed by atoms with Crippen LogP contribution in [0.3, 0.4) is 0 Å². The Labute approximate surface area is 271 Å². The van der Waals surface area contributed by atoms with Gasteiger partial charge in [0.15, 0.2) is 6.61 Å². The van der Waals surface area contributed by atoms with E-state index in [1.807, 2.05) is 19.1 Å². The lowest BCUT2D eigenvalue weighted by Crippen LogP contribution is -2.56. The SMILES string of the molecule is CCOC(=O)N1CCN(C(=O)C(CCC(=O)O)NC(=O)c2cc(OCC(=O)N3CCC[C@H]3c3ccc(C)o3)c3ccccc3n2)CC1. The summed E-state index contributed by atoms with van der Waals surface area (Å²) in [7, 11) is 0. The van der Waals surface area contributed by atoms with Crippen molar-refractivity contribution in [3.8, 4) is 5.75 Å². The van der Waals surface area contributed by atoms with Crippen molar-refractivity contribution in [2.24, 2.45) is 0 Å². The number of hydrogen-bond donors (Lipinski definition) is 2. The number of aromatic nitrogens is 1. The van der Waals surface area contributed by atoms with Gasteiger partial charge < -0.3 is 39.0 Å². The third kappa shape index (κ3) is 7.99. The molecule has 0 spiro atoms. The van der Waals surface area contributed by atoms with Crippen LogP contribution in [-0.2, 0) is 19.1 Å². The lowest BCUT2D eigenvalue weighted by atomic mass is 10.1. The number of fused-ring (bicyclic) bond motifs is 1. The molecule has 2 fully saturated rings. The number of amides is 4. The number of carbonyl (C=O) groups is 5. The number of ether oxygens (including phenoxy) is 2. The van der Waals surface area contributed by atoms with E-state index < -0.39 is 29.9 Å². The molecule has 4 amide bonds. The van der Waals surface area contributed by atoms with Gasteiger partial charge in [0.25, 0.3) is 11.8 Å². The molecule has 2 aliphatic rings. The summed E-state index contributed by atoms with van der Waals surface area (Å²) < 4.78 is 16.8. The molecule has 2 N–H and O–H groups in total. The zero-order valence-electron chi connectivity index (χ0n) is 26.5. The van der Waals surface area contributed by atoms with Crippen LogP contribution in [0.4, 0.5) is 4.79 Å². The average Bonchev–Trinajstić information content (AvgIpc) is 3.74. The van der Waals surface area contributed by atoms with Crippen LogP contribution in [0.25, 0.3) is 10.9 Å². The number of hydrogen-bond acceptors (Lipinski definition) is 9. The summed E-state index contributed by atoms with van der Waals surface area (Å²) in [5.74, 6) is -0.733. The summed E-state index contributed by atoms with van der Waals surface area (Å²) in [6.45, 7) is 4.99. The van der Waals surface area contributed by atoms with Crippen LogP contribution < -0.4 is 10.1 Å². The van der Waals surface area contributed by atoms with Crippen molar-refractivity contribution in [1.29, 1.82) is 0 Å². The van der Waals surface area contributed by atoms with Gasteiger partial charge in [-0.2, -0.15) is 0 Å². The van der Waals surface area contributed by atoms with Crippen LogP contribution >= 0.6 is 0 Å². The number of carboxylic acids is 1. The Balaban J connectivity index is 1.29. The van der Waals surface area contributed by atoms with Crippen LogP contribution in [0.2, 0.25) is 0 Å². The zero-order chi connectivity index (χ0) is 33.5. The number of aliphatic carboxylic acids is 1. The number of rotatable bonds is 11. The summed E-state index contributed by atoms with van der Waals surface area (Å²) >= 11 is 0. The standard InChI is InChI=1S/C33H39N5O9/c1-3-45-33(44)37-17-15-36(16-18-37)32(43)24(11-13-30(40)41)35-31(42)25-19-28(22-7-4-5-8-23(22)34-25)46-20-29(39)38-14-6-9-26(38)27-12-10-21(2)47-27/h4-5,7-8,10,12,19,24,26H,3,6,9,11,13-18,20H2,1-2H3,(H,35,42)(H,40,41)/t24?,26-/m0/s1. The summed E-state index contributed by atoms with van der Waals surface area (Å²) in [6, 6.07) is 10.8. The van der Waals surface area contributed by atoms with Crippen LogP contribution in [0.15, 0.2) is 46.9 Å². The van der Waals surface area contributed by atoms with Crippen molar-refractivity contribution >= 4 is 40.7 Å². The van der Waals surface area contributed by atoms with Crippen LogP contribution in [0.1, 0.15) is 60.7 Å². The minimum atomic E-state index is -1.15. The number of benzene rings is 1. The lowest BCUT2D eigenvalue weighted by molar-refractivity contribution is -0.138. The molecule has 2 atom stereocenters. The highest BCUT2D eigenvalue weighted by Gasteiger charge is 2.33. The van der Waals surface area contributed by atoms with E-state index in [1.165, 1.54) is 15.9 Å². The monoisotopic (exact) mass is 649 g/mol. The van der Waals surface area contributed by atoms with Gasteiger partial charge in [0.05, 0.1) is 18.2 Å². The highest BCUT2D eigenvalue weighted by molar-refractivity contribution is 5.99. The van der Waals surface area contributed by atoms with Gasteiger partial charge in [-0.05, 0) is 57.4 Å². The van der Waals surface area contributed by atoms with Gasteiger partial charge in [0, 0.05) is 50.6 Å². The van der Waals surface area contributed by atoms with Crippen molar-refractivity contribution in [3.05, 3.63) is 59.7 Å². The Morgan fingerprint density at radius 3 is 2.49 bits per heavy atom. The van der Waals surface area contributed by atoms with E-state index in [2.05, 4.69) is 10.3 Å². The molecule has 0 bridgehead atoms. The fourth-order valence-electron chi connectivity index (χ4n) is 5.90. The molecule has 0 radical (unpaired) electrons. The molecule has 2 aromatic heterocycles. The van der Waals surface area contributed by atoms with Gasteiger partial charge in [-0.15, -0.1) is 0 Å². The number of para-hydroxylation sites is 1. The first-order valence-electron chi connectivity index (χ1n) is 15.8. The minimum absolute atomic E-state index is 0.0588.